The zero-order valence-electron chi connectivity index (χ0n) is 8.25. The standard InChI is InChI=1S/C11H10N2OS/c1-13-7-6-10(12-13)11(14)5-4-9-3-2-8-15-9/h2-8H,1H3/b5-4+. The zero-order valence-corrected chi connectivity index (χ0v) is 9.07. The molecule has 2 rings (SSSR count). The van der Waals surface area contributed by atoms with Crippen molar-refractivity contribution in [3.63, 3.8) is 0 Å². The third-order valence-electron chi connectivity index (χ3n) is 1.91. The molecule has 0 aromatic carbocycles. The number of allylic oxidation sites excluding steroid dienone is 1. The number of hydrogen-bond donors (Lipinski definition) is 0. The molecule has 3 nitrogen and oxygen atoms in total. The molecule has 2 aromatic rings. The van der Waals surface area contributed by atoms with Gasteiger partial charge in [0.15, 0.2) is 0 Å². The number of ketones is 1. The molecule has 0 fully saturated rings. The molecule has 0 bridgehead atoms. The minimum absolute atomic E-state index is 0.0657. The highest BCUT2D eigenvalue weighted by atomic mass is 32.1. The van der Waals surface area contributed by atoms with Crippen molar-refractivity contribution in [1.29, 1.82) is 0 Å². The first-order chi connectivity index (χ1) is 7.25. The van der Waals surface area contributed by atoms with Gasteiger partial charge in [0, 0.05) is 18.1 Å². The molecular weight excluding hydrogens is 208 g/mol. The van der Waals surface area contributed by atoms with Crippen LogP contribution in [0.15, 0.2) is 35.9 Å². The number of nitrogens with zero attached hydrogens (tertiary/aromatic N) is 2. The van der Waals surface area contributed by atoms with Crippen LogP contribution in [0.4, 0.5) is 0 Å². The van der Waals surface area contributed by atoms with Crippen LogP contribution in [0.1, 0.15) is 15.4 Å². The van der Waals surface area contributed by atoms with Crippen molar-refractivity contribution in [2.45, 2.75) is 0 Å². The van der Waals surface area contributed by atoms with Crippen molar-refractivity contribution in [3.8, 4) is 0 Å². The highest BCUT2D eigenvalue weighted by molar-refractivity contribution is 7.10. The van der Waals surface area contributed by atoms with Crippen LogP contribution in [-0.2, 0) is 7.05 Å². The largest absolute Gasteiger partial charge is 0.287 e. The van der Waals surface area contributed by atoms with Gasteiger partial charge in [-0.15, -0.1) is 11.3 Å². The van der Waals surface area contributed by atoms with Gasteiger partial charge < -0.3 is 0 Å². The molecule has 4 heteroatoms. The Kier molecular flexibility index (Phi) is 2.78. The van der Waals surface area contributed by atoms with E-state index in [2.05, 4.69) is 5.10 Å². The first-order valence-corrected chi connectivity index (χ1v) is 5.39. The van der Waals surface area contributed by atoms with Gasteiger partial charge in [0.2, 0.25) is 5.78 Å². The Morgan fingerprint density at radius 3 is 3.00 bits per heavy atom. The summed E-state index contributed by atoms with van der Waals surface area (Å²) in [5.74, 6) is -0.0657. The van der Waals surface area contributed by atoms with E-state index in [4.69, 9.17) is 0 Å². The summed E-state index contributed by atoms with van der Waals surface area (Å²) < 4.78 is 1.62. The van der Waals surface area contributed by atoms with Crippen LogP contribution in [0.2, 0.25) is 0 Å². The molecule has 2 aromatic heterocycles. The first kappa shape index (κ1) is 9.86. The fourth-order valence-electron chi connectivity index (χ4n) is 1.18. The fourth-order valence-corrected chi connectivity index (χ4v) is 1.79. The molecule has 0 unspecified atom stereocenters. The SMILES string of the molecule is Cn1ccc(C(=O)/C=C/c2cccs2)n1. The molecule has 0 saturated carbocycles. The van der Waals surface area contributed by atoms with Crippen LogP contribution in [0, 0.1) is 0 Å². The molecule has 0 aliphatic rings. The van der Waals surface area contributed by atoms with E-state index < -0.39 is 0 Å². The van der Waals surface area contributed by atoms with E-state index in [1.807, 2.05) is 23.6 Å². The van der Waals surface area contributed by atoms with Crippen LogP contribution < -0.4 is 0 Å². The minimum Gasteiger partial charge on any atom is -0.287 e. The van der Waals surface area contributed by atoms with Crippen molar-refractivity contribution in [2.24, 2.45) is 7.05 Å². The van der Waals surface area contributed by atoms with Crippen LogP contribution in [0.3, 0.4) is 0 Å². The Morgan fingerprint density at radius 1 is 1.53 bits per heavy atom. The van der Waals surface area contributed by atoms with E-state index >= 15 is 0 Å². The topological polar surface area (TPSA) is 34.9 Å². The van der Waals surface area contributed by atoms with Gasteiger partial charge in [-0.05, 0) is 29.7 Å². The average Bonchev–Trinajstić information content (AvgIpc) is 2.84. The minimum atomic E-state index is -0.0657. The number of rotatable bonds is 3. The summed E-state index contributed by atoms with van der Waals surface area (Å²) in [6.45, 7) is 0. The summed E-state index contributed by atoms with van der Waals surface area (Å²) in [5, 5.41) is 6.01. The zero-order chi connectivity index (χ0) is 10.7. The molecular formula is C11H10N2OS. The molecule has 15 heavy (non-hydrogen) atoms. The number of thiophene rings is 1. The van der Waals surface area contributed by atoms with Gasteiger partial charge in [0.25, 0.3) is 0 Å². The first-order valence-electron chi connectivity index (χ1n) is 4.51. The Bertz CT molecular complexity index is 482. The summed E-state index contributed by atoms with van der Waals surface area (Å²) in [6.07, 6.45) is 5.11. The predicted molar refractivity (Wildman–Crippen MR) is 60.9 cm³/mol. The molecule has 0 aliphatic carbocycles. The van der Waals surface area contributed by atoms with Crippen molar-refractivity contribution in [3.05, 3.63) is 46.4 Å². The maximum absolute atomic E-state index is 11.6. The second-order valence-electron chi connectivity index (χ2n) is 3.09. The Balaban J connectivity index is 2.10. The van der Waals surface area contributed by atoms with E-state index in [1.54, 1.807) is 41.4 Å². The number of carbonyl (C=O) groups is 1. The maximum Gasteiger partial charge on any atom is 0.206 e. The van der Waals surface area contributed by atoms with E-state index in [9.17, 15) is 4.79 Å². The van der Waals surface area contributed by atoms with Gasteiger partial charge >= 0.3 is 0 Å². The lowest BCUT2D eigenvalue weighted by atomic mass is 10.2. The molecule has 0 aliphatic heterocycles. The average molecular weight is 218 g/mol. The summed E-state index contributed by atoms with van der Waals surface area (Å²) in [5.41, 5.74) is 0.477. The van der Waals surface area contributed by atoms with E-state index in [0.717, 1.165) is 4.88 Å². The van der Waals surface area contributed by atoms with E-state index in [0.29, 0.717) is 5.69 Å². The molecule has 0 saturated heterocycles. The quantitative estimate of drug-likeness (QED) is 0.585. The molecule has 0 amide bonds. The lowest BCUT2D eigenvalue weighted by Crippen LogP contribution is -1.97. The molecule has 0 atom stereocenters. The third-order valence-corrected chi connectivity index (χ3v) is 2.75. The highest BCUT2D eigenvalue weighted by Gasteiger charge is 2.04. The summed E-state index contributed by atoms with van der Waals surface area (Å²) in [4.78, 5) is 12.7. The molecule has 0 radical (unpaired) electrons. The Labute approximate surface area is 91.7 Å². The van der Waals surface area contributed by atoms with E-state index in [-0.39, 0.29) is 5.78 Å². The van der Waals surface area contributed by atoms with Crippen LogP contribution in [0.5, 0.6) is 0 Å². The normalized spacial score (nSPS) is 11.0. The lowest BCUT2D eigenvalue weighted by Gasteiger charge is -1.87. The van der Waals surface area contributed by atoms with Gasteiger partial charge in [-0.25, -0.2) is 0 Å². The van der Waals surface area contributed by atoms with Crippen molar-refractivity contribution in [1.82, 2.24) is 9.78 Å². The van der Waals surface area contributed by atoms with Gasteiger partial charge in [0.1, 0.15) is 5.69 Å². The van der Waals surface area contributed by atoms with Gasteiger partial charge in [-0.3, -0.25) is 9.48 Å². The van der Waals surface area contributed by atoms with Crippen molar-refractivity contribution >= 4 is 23.2 Å². The molecule has 0 N–H and O–H groups in total. The van der Waals surface area contributed by atoms with Crippen LogP contribution >= 0.6 is 11.3 Å². The molecule has 2 heterocycles. The van der Waals surface area contributed by atoms with Crippen LogP contribution in [0.25, 0.3) is 6.08 Å². The lowest BCUT2D eigenvalue weighted by molar-refractivity contribution is 0.104. The smallest absolute Gasteiger partial charge is 0.206 e. The Hall–Kier alpha value is -1.68. The molecule has 76 valence electrons. The highest BCUT2D eigenvalue weighted by Crippen LogP contribution is 2.10. The van der Waals surface area contributed by atoms with E-state index in [1.165, 1.54) is 0 Å². The second-order valence-corrected chi connectivity index (χ2v) is 4.07. The summed E-state index contributed by atoms with van der Waals surface area (Å²) in [7, 11) is 1.79. The number of aryl methyl sites for hydroxylation is 1. The third kappa shape index (κ3) is 2.41. The Morgan fingerprint density at radius 2 is 2.40 bits per heavy atom. The number of aromatic nitrogens is 2. The van der Waals surface area contributed by atoms with Crippen molar-refractivity contribution in [2.75, 3.05) is 0 Å². The summed E-state index contributed by atoms with van der Waals surface area (Å²) >= 11 is 1.60. The van der Waals surface area contributed by atoms with Gasteiger partial charge in [-0.1, -0.05) is 6.07 Å². The number of carbonyl (C=O) groups excluding carboxylic acids is 1. The van der Waals surface area contributed by atoms with Gasteiger partial charge in [-0.2, -0.15) is 5.10 Å². The number of hydrogen-bond acceptors (Lipinski definition) is 3. The summed E-state index contributed by atoms with van der Waals surface area (Å²) in [6, 6.07) is 5.63. The fraction of sp³-hybridized carbons (Fsp3) is 0.0909. The van der Waals surface area contributed by atoms with Crippen LogP contribution in [-0.4, -0.2) is 15.6 Å². The monoisotopic (exact) mass is 218 g/mol. The van der Waals surface area contributed by atoms with Gasteiger partial charge in [0.05, 0.1) is 0 Å². The predicted octanol–water partition coefficient (Wildman–Crippen LogP) is 2.38. The molecule has 0 spiro atoms. The second kappa shape index (κ2) is 4.23. The maximum atomic E-state index is 11.6. The van der Waals surface area contributed by atoms with Crippen molar-refractivity contribution < 1.29 is 4.79 Å².